The number of benzene rings is 2. The molecule has 1 saturated heterocycles. The number of alkyl carbamates (subject to hydrolysis) is 1. The van der Waals surface area contributed by atoms with Crippen LogP contribution in [-0.4, -0.2) is 12.7 Å². The molecule has 0 radical (unpaired) electrons. The molecule has 2 aromatic carbocycles. The molecule has 20 heavy (non-hydrogen) atoms. The van der Waals surface area contributed by atoms with E-state index in [1.165, 1.54) is 10.8 Å². The van der Waals surface area contributed by atoms with Gasteiger partial charge < -0.3 is 10.1 Å². The third-order valence-electron chi connectivity index (χ3n) is 3.75. The summed E-state index contributed by atoms with van der Waals surface area (Å²) in [5.74, 6) is 0. The standard InChI is InChI=1S/C16H17NO2.ClH/c1-16(2)10-19-15(18)17-14(16)13-9-5-7-11-6-3-4-8-12(11)13;/h3-9,14H,10H2,1-2H3,(H,17,18);1H/t14-;/m1./s1. The minimum absolute atomic E-state index is 0. The molecule has 1 heterocycles. The number of ether oxygens (including phenoxy) is 1. The number of nitrogens with one attached hydrogen (secondary N) is 1. The van der Waals surface area contributed by atoms with Crippen molar-refractivity contribution in [3.63, 3.8) is 0 Å². The first-order valence-electron chi connectivity index (χ1n) is 6.49. The number of carbonyl (C=O) groups excluding carboxylic acids is 1. The molecule has 1 atom stereocenters. The van der Waals surface area contributed by atoms with E-state index in [2.05, 4.69) is 43.4 Å². The highest BCUT2D eigenvalue weighted by Gasteiger charge is 2.38. The monoisotopic (exact) mass is 291 g/mol. The zero-order valence-corrected chi connectivity index (χ0v) is 12.4. The summed E-state index contributed by atoms with van der Waals surface area (Å²) in [6.07, 6.45) is -0.336. The maximum atomic E-state index is 11.5. The molecule has 1 aliphatic rings. The SMILES string of the molecule is CC1(C)COC(=O)N[C@@H]1c1cccc2ccccc12.Cl. The molecule has 3 rings (SSSR count). The average Bonchev–Trinajstić information content (AvgIpc) is 2.41. The van der Waals surface area contributed by atoms with Crippen LogP contribution in [0.5, 0.6) is 0 Å². The number of carbonyl (C=O) groups is 1. The van der Waals surface area contributed by atoms with Crippen LogP contribution in [0.15, 0.2) is 42.5 Å². The van der Waals surface area contributed by atoms with Crippen molar-refractivity contribution in [2.75, 3.05) is 6.61 Å². The van der Waals surface area contributed by atoms with E-state index in [1.807, 2.05) is 18.2 Å². The van der Waals surface area contributed by atoms with Crippen LogP contribution in [0.25, 0.3) is 10.8 Å². The molecule has 3 nitrogen and oxygen atoms in total. The Morgan fingerprint density at radius 1 is 1.15 bits per heavy atom. The first kappa shape index (κ1) is 14.7. The third kappa shape index (κ3) is 2.46. The smallest absolute Gasteiger partial charge is 0.407 e. The molecule has 0 unspecified atom stereocenters. The molecule has 0 spiro atoms. The topological polar surface area (TPSA) is 38.3 Å². The van der Waals surface area contributed by atoms with E-state index in [0.717, 1.165) is 5.56 Å². The quantitative estimate of drug-likeness (QED) is 0.860. The van der Waals surface area contributed by atoms with E-state index in [-0.39, 0.29) is 30.0 Å². The van der Waals surface area contributed by atoms with Crippen molar-refractivity contribution in [2.24, 2.45) is 5.41 Å². The Bertz CT molecular complexity index is 634. The second kappa shape index (κ2) is 5.33. The van der Waals surface area contributed by atoms with Crippen molar-refractivity contribution < 1.29 is 9.53 Å². The largest absolute Gasteiger partial charge is 0.449 e. The van der Waals surface area contributed by atoms with Crippen LogP contribution < -0.4 is 5.32 Å². The number of fused-ring (bicyclic) bond motifs is 1. The van der Waals surface area contributed by atoms with Gasteiger partial charge in [-0.2, -0.15) is 0 Å². The number of hydrogen-bond acceptors (Lipinski definition) is 2. The van der Waals surface area contributed by atoms with E-state index in [0.29, 0.717) is 6.61 Å². The van der Waals surface area contributed by atoms with Crippen LogP contribution in [0.3, 0.4) is 0 Å². The molecule has 1 N–H and O–H groups in total. The molecular weight excluding hydrogens is 274 g/mol. The highest BCUT2D eigenvalue weighted by atomic mass is 35.5. The summed E-state index contributed by atoms with van der Waals surface area (Å²) < 4.78 is 5.11. The Morgan fingerprint density at radius 3 is 2.65 bits per heavy atom. The van der Waals surface area contributed by atoms with Gasteiger partial charge in [-0.1, -0.05) is 56.3 Å². The Balaban J connectivity index is 0.00000147. The molecule has 1 aliphatic heterocycles. The average molecular weight is 292 g/mol. The lowest BCUT2D eigenvalue weighted by molar-refractivity contribution is 0.0391. The van der Waals surface area contributed by atoms with Crippen LogP contribution >= 0.6 is 12.4 Å². The van der Waals surface area contributed by atoms with E-state index in [1.54, 1.807) is 0 Å². The van der Waals surface area contributed by atoms with E-state index < -0.39 is 0 Å². The highest BCUT2D eigenvalue weighted by Crippen LogP contribution is 2.39. The third-order valence-corrected chi connectivity index (χ3v) is 3.75. The van der Waals surface area contributed by atoms with Gasteiger partial charge in [-0.05, 0) is 16.3 Å². The van der Waals surface area contributed by atoms with Crippen molar-refractivity contribution in [1.29, 1.82) is 0 Å². The predicted octanol–water partition coefficient (Wildman–Crippen LogP) is 4.07. The maximum absolute atomic E-state index is 11.5. The molecule has 2 aromatic rings. The number of hydrogen-bond donors (Lipinski definition) is 1. The van der Waals surface area contributed by atoms with Gasteiger partial charge in [0.1, 0.15) is 6.61 Å². The summed E-state index contributed by atoms with van der Waals surface area (Å²) in [4.78, 5) is 11.5. The minimum Gasteiger partial charge on any atom is -0.449 e. The molecular formula is C16H18ClNO2. The Hall–Kier alpha value is -1.74. The minimum atomic E-state index is -0.336. The molecule has 106 valence electrons. The predicted molar refractivity (Wildman–Crippen MR) is 82.2 cm³/mol. The first-order chi connectivity index (χ1) is 9.08. The van der Waals surface area contributed by atoms with Gasteiger partial charge in [-0.3, -0.25) is 0 Å². The van der Waals surface area contributed by atoms with Gasteiger partial charge in [0.2, 0.25) is 0 Å². The molecule has 0 aliphatic carbocycles. The lowest BCUT2D eigenvalue weighted by atomic mass is 9.79. The summed E-state index contributed by atoms with van der Waals surface area (Å²) in [6.45, 7) is 4.66. The van der Waals surface area contributed by atoms with Gasteiger partial charge in [0, 0.05) is 5.41 Å². The summed E-state index contributed by atoms with van der Waals surface area (Å²) >= 11 is 0. The van der Waals surface area contributed by atoms with E-state index in [4.69, 9.17) is 4.74 Å². The summed E-state index contributed by atoms with van der Waals surface area (Å²) in [6, 6.07) is 14.4. The lowest BCUT2D eigenvalue weighted by Crippen LogP contribution is -2.47. The van der Waals surface area contributed by atoms with E-state index >= 15 is 0 Å². The fourth-order valence-electron chi connectivity index (χ4n) is 2.69. The Kier molecular flexibility index (Phi) is 3.91. The van der Waals surface area contributed by atoms with Crippen LogP contribution in [-0.2, 0) is 4.74 Å². The summed E-state index contributed by atoms with van der Waals surface area (Å²) in [7, 11) is 0. The Labute approximate surface area is 124 Å². The van der Waals surface area contributed by atoms with Crippen molar-refractivity contribution >= 4 is 29.3 Å². The van der Waals surface area contributed by atoms with Gasteiger partial charge in [0.25, 0.3) is 0 Å². The zero-order chi connectivity index (χ0) is 13.5. The maximum Gasteiger partial charge on any atom is 0.407 e. The fraction of sp³-hybridized carbons (Fsp3) is 0.312. The van der Waals surface area contributed by atoms with E-state index in [9.17, 15) is 4.79 Å². The number of cyclic esters (lactones) is 1. The van der Waals surface area contributed by atoms with Gasteiger partial charge in [0.15, 0.2) is 0 Å². The summed E-state index contributed by atoms with van der Waals surface area (Å²) in [5, 5.41) is 5.33. The molecule has 0 aromatic heterocycles. The Morgan fingerprint density at radius 2 is 1.85 bits per heavy atom. The van der Waals surface area contributed by atoms with Crippen molar-refractivity contribution in [3.8, 4) is 0 Å². The van der Waals surface area contributed by atoms with Crippen LogP contribution in [0.2, 0.25) is 0 Å². The molecule has 0 saturated carbocycles. The van der Waals surface area contributed by atoms with Crippen LogP contribution in [0, 0.1) is 5.41 Å². The number of halogens is 1. The second-order valence-electron chi connectivity index (χ2n) is 5.71. The lowest BCUT2D eigenvalue weighted by Gasteiger charge is -2.39. The molecule has 4 heteroatoms. The molecule has 1 amide bonds. The zero-order valence-electron chi connectivity index (χ0n) is 11.6. The van der Waals surface area contributed by atoms with Crippen molar-refractivity contribution in [3.05, 3.63) is 48.0 Å². The van der Waals surface area contributed by atoms with Gasteiger partial charge in [-0.25, -0.2) is 4.79 Å². The molecule has 1 fully saturated rings. The van der Waals surface area contributed by atoms with Gasteiger partial charge >= 0.3 is 6.09 Å². The number of rotatable bonds is 1. The van der Waals surface area contributed by atoms with Crippen LogP contribution in [0.4, 0.5) is 4.79 Å². The number of amides is 1. The fourth-order valence-corrected chi connectivity index (χ4v) is 2.69. The normalized spacial score (nSPS) is 20.7. The van der Waals surface area contributed by atoms with Crippen molar-refractivity contribution in [1.82, 2.24) is 5.32 Å². The highest BCUT2D eigenvalue weighted by molar-refractivity contribution is 5.86. The second-order valence-corrected chi connectivity index (χ2v) is 5.71. The van der Waals surface area contributed by atoms with Gasteiger partial charge in [0.05, 0.1) is 6.04 Å². The van der Waals surface area contributed by atoms with Gasteiger partial charge in [-0.15, -0.1) is 12.4 Å². The summed E-state index contributed by atoms with van der Waals surface area (Å²) in [5.41, 5.74) is 1.03. The first-order valence-corrected chi connectivity index (χ1v) is 6.49. The molecule has 0 bridgehead atoms. The van der Waals surface area contributed by atoms with Crippen LogP contribution in [0.1, 0.15) is 25.5 Å². The van der Waals surface area contributed by atoms with Crippen molar-refractivity contribution in [2.45, 2.75) is 19.9 Å².